The molecule has 0 saturated heterocycles. The van der Waals surface area contributed by atoms with Crippen LogP contribution in [-0.2, 0) is 0 Å². The number of pyridine rings is 1. The van der Waals surface area contributed by atoms with Crippen molar-refractivity contribution in [2.75, 3.05) is 17.7 Å². The van der Waals surface area contributed by atoms with Gasteiger partial charge in [-0.2, -0.15) is 9.61 Å². The number of aromatic nitrogens is 4. The van der Waals surface area contributed by atoms with Gasteiger partial charge in [0.15, 0.2) is 5.65 Å². The second-order valence-electron chi connectivity index (χ2n) is 7.95. The normalized spacial score (nSPS) is 20.6. The molecule has 0 aromatic carbocycles. The summed E-state index contributed by atoms with van der Waals surface area (Å²) in [7, 11) is 1.78. The van der Waals surface area contributed by atoms with Gasteiger partial charge in [0.1, 0.15) is 29.0 Å². The fourth-order valence-corrected chi connectivity index (χ4v) is 3.78. The highest BCUT2D eigenvalue weighted by Crippen LogP contribution is 2.32. The van der Waals surface area contributed by atoms with Crippen molar-refractivity contribution in [2.45, 2.75) is 50.4 Å². The summed E-state index contributed by atoms with van der Waals surface area (Å²) >= 11 is 0. The van der Waals surface area contributed by atoms with Gasteiger partial charge in [-0.25, -0.2) is 9.97 Å². The van der Waals surface area contributed by atoms with E-state index in [2.05, 4.69) is 31.0 Å². The summed E-state index contributed by atoms with van der Waals surface area (Å²) in [5.74, 6) is 1.42. The monoisotopic (exact) mass is 423 g/mol. The molecule has 2 fully saturated rings. The predicted molar refractivity (Wildman–Crippen MR) is 115 cm³/mol. The predicted octanol–water partition coefficient (Wildman–Crippen LogP) is 2.09. The van der Waals surface area contributed by atoms with E-state index in [1.54, 1.807) is 23.8 Å². The van der Waals surface area contributed by atoms with Crippen molar-refractivity contribution >= 4 is 28.9 Å². The Bertz CT molecular complexity index is 1110. The van der Waals surface area contributed by atoms with Crippen LogP contribution in [0.4, 0.5) is 17.3 Å². The number of aliphatic hydroxyl groups is 1. The molecule has 0 radical (unpaired) electrons. The maximum atomic E-state index is 12.9. The van der Waals surface area contributed by atoms with Crippen LogP contribution in [0.1, 0.15) is 42.5 Å². The summed E-state index contributed by atoms with van der Waals surface area (Å²) in [6, 6.07) is 5.26. The first-order valence-electron chi connectivity index (χ1n) is 10.6. The number of nitrogens with zero attached hydrogens (tertiary/aromatic N) is 4. The standard InChI is InChI=1S/C21H25N7O3/c1-22-18-10-17(25-15-5-3-9-23-21(15)31-12-7-8-12)27-19-13(11-24-28(18)19)20(30)26-14-4-2-6-16(14)29/h3,5,9-12,14,16,22,29H,2,4,6-8H2,1H3,(H,25,27)(H,26,30). The van der Waals surface area contributed by atoms with Crippen molar-refractivity contribution in [1.82, 2.24) is 24.9 Å². The van der Waals surface area contributed by atoms with Crippen molar-refractivity contribution < 1.29 is 14.6 Å². The molecular weight excluding hydrogens is 398 g/mol. The third kappa shape index (κ3) is 3.98. The Balaban J connectivity index is 1.46. The minimum Gasteiger partial charge on any atom is -0.473 e. The van der Waals surface area contributed by atoms with E-state index in [9.17, 15) is 9.90 Å². The van der Waals surface area contributed by atoms with E-state index in [0.717, 1.165) is 25.7 Å². The molecule has 2 atom stereocenters. The van der Waals surface area contributed by atoms with Crippen molar-refractivity contribution in [3.05, 3.63) is 36.2 Å². The Hall–Kier alpha value is -3.40. The number of anilines is 3. The fourth-order valence-electron chi connectivity index (χ4n) is 3.78. The molecule has 4 N–H and O–H groups in total. The molecule has 10 nitrogen and oxygen atoms in total. The van der Waals surface area contributed by atoms with E-state index in [-0.39, 0.29) is 18.1 Å². The lowest BCUT2D eigenvalue weighted by Crippen LogP contribution is -2.39. The first kappa shape index (κ1) is 19.6. The van der Waals surface area contributed by atoms with Gasteiger partial charge in [-0.05, 0) is 44.2 Å². The van der Waals surface area contributed by atoms with E-state index in [1.807, 2.05) is 12.1 Å². The highest BCUT2D eigenvalue weighted by molar-refractivity contribution is 6.00. The van der Waals surface area contributed by atoms with Crippen LogP contribution < -0.4 is 20.7 Å². The lowest BCUT2D eigenvalue weighted by Gasteiger charge is -2.16. The van der Waals surface area contributed by atoms with Crippen molar-refractivity contribution in [2.24, 2.45) is 0 Å². The largest absolute Gasteiger partial charge is 0.473 e. The third-order valence-corrected chi connectivity index (χ3v) is 5.61. The van der Waals surface area contributed by atoms with Crippen LogP contribution in [0.25, 0.3) is 5.65 Å². The second kappa shape index (κ2) is 8.03. The van der Waals surface area contributed by atoms with E-state index in [1.165, 1.54) is 6.20 Å². The molecule has 3 heterocycles. The summed E-state index contributed by atoms with van der Waals surface area (Å²) in [5, 5.41) is 23.6. The number of carbonyl (C=O) groups is 1. The van der Waals surface area contributed by atoms with Gasteiger partial charge in [0.25, 0.3) is 5.91 Å². The molecule has 2 saturated carbocycles. The summed E-state index contributed by atoms with van der Waals surface area (Å²) in [6.45, 7) is 0. The number of carbonyl (C=O) groups excluding carboxylic acids is 1. The number of aliphatic hydroxyl groups excluding tert-OH is 1. The number of rotatable bonds is 7. The van der Waals surface area contributed by atoms with Crippen molar-refractivity contribution in [3.63, 3.8) is 0 Å². The lowest BCUT2D eigenvalue weighted by molar-refractivity contribution is 0.0874. The second-order valence-corrected chi connectivity index (χ2v) is 7.95. The molecule has 0 aliphatic heterocycles. The summed E-state index contributed by atoms with van der Waals surface area (Å²) in [4.78, 5) is 21.8. The first-order chi connectivity index (χ1) is 15.1. The number of nitrogens with one attached hydrogen (secondary N) is 3. The zero-order valence-electron chi connectivity index (χ0n) is 17.2. The SMILES string of the molecule is CNc1cc(Nc2cccnc2OC2CC2)nc2c(C(=O)NC3CCCC3O)cnn12. The molecular formula is C21H25N7O3. The zero-order valence-corrected chi connectivity index (χ0v) is 17.2. The smallest absolute Gasteiger partial charge is 0.257 e. The Morgan fingerprint density at radius 3 is 2.90 bits per heavy atom. The topological polar surface area (TPSA) is 126 Å². The maximum Gasteiger partial charge on any atom is 0.257 e. The number of fused-ring (bicyclic) bond motifs is 1. The van der Waals surface area contributed by atoms with Crippen LogP contribution >= 0.6 is 0 Å². The minimum absolute atomic E-state index is 0.217. The third-order valence-electron chi connectivity index (χ3n) is 5.61. The molecule has 31 heavy (non-hydrogen) atoms. The van der Waals surface area contributed by atoms with Gasteiger partial charge >= 0.3 is 0 Å². The molecule has 2 unspecified atom stereocenters. The van der Waals surface area contributed by atoms with Gasteiger partial charge in [0, 0.05) is 19.3 Å². The number of ether oxygens (including phenoxy) is 1. The number of hydrogen-bond donors (Lipinski definition) is 4. The van der Waals surface area contributed by atoms with E-state index >= 15 is 0 Å². The molecule has 1 amide bonds. The fraction of sp³-hybridized carbons (Fsp3) is 0.429. The molecule has 2 aliphatic rings. The average molecular weight is 423 g/mol. The van der Waals surface area contributed by atoms with Gasteiger partial charge in [-0.3, -0.25) is 4.79 Å². The van der Waals surface area contributed by atoms with Gasteiger partial charge in [0.2, 0.25) is 5.88 Å². The quantitative estimate of drug-likeness (QED) is 0.455. The van der Waals surface area contributed by atoms with Gasteiger partial charge in [-0.1, -0.05) is 0 Å². The van der Waals surface area contributed by atoms with Crippen molar-refractivity contribution in [3.8, 4) is 5.88 Å². The van der Waals surface area contributed by atoms with Crippen LogP contribution in [0.5, 0.6) is 5.88 Å². The molecule has 3 aromatic heterocycles. The molecule has 3 aromatic rings. The van der Waals surface area contributed by atoms with Gasteiger partial charge in [-0.15, -0.1) is 0 Å². The number of amides is 1. The highest BCUT2D eigenvalue weighted by atomic mass is 16.5. The van der Waals surface area contributed by atoms with Crippen LogP contribution in [0.2, 0.25) is 0 Å². The molecule has 0 spiro atoms. The van der Waals surface area contributed by atoms with Crippen LogP contribution in [0.3, 0.4) is 0 Å². The van der Waals surface area contributed by atoms with E-state index < -0.39 is 6.10 Å². The van der Waals surface area contributed by atoms with Crippen LogP contribution in [0, 0.1) is 0 Å². The zero-order chi connectivity index (χ0) is 21.4. The average Bonchev–Trinajstić information content (AvgIpc) is 3.34. The molecule has 5 rings (SSSR count). The number of hydrogen-bond acceptors (Lipinski definition) is 8. The molecule has 2 aliphatic carbocycles. The van der Waals surface area contributed by atoms with E-state index in [0.29, 0.717) is 40.8 Å². The highest BCUT2D eigenvalue weighted by Gasteiger charge is 2.28. The summed E-state index contributed by atoms with van der Waals surface area (Å²) in [6.07, 6.45) is 7.32. The Labute approximate surface area is 179 Å². The van der Waals surface area contributed by atoms with Gasteiger partial charge in [0.05, 0.1) is 18.3 Å². The first-order valence-corrected chi connectivity index (χ1v) is 10.6. The van der Waals surface area contributed by atoms with Crippen molar-refractivity contribution in [1.29, 1.82) is 0 Å². The van der Waals surface area contributed by atoms with Gasteiger partial charge < -0.3 is 25.8 Å². The Kier molecular flexibility index (Phi) is 5.06. The minimum atomic E-state index is -0.515. The Morgan fingerprint density at radius 2 is 2.16 bits per heavy atom. The molecule has 0 bridgehead atoms. The summed E-state index contributed by atoms with van der Waals surface area (Å²) < 4.78 is 7.46. The Morgan fingerprint density at radius 1 is 1.29 bits per heavy atom. The molecule has 10 heteroatoms. The summed E-state index contributed by atoms with van der Waals surface area (Å²) in [5.41, 5.74) is 1.46. The van der Waals surface area contributed by atoms with Crippen LogP contribution in [0.15, 0.2) is 30.6 Å². The maximum absolute atomic E-state index is 12.9. The lowest BCUT2D eigenvalue weighted by atomic mass is 10.2. The molecule has 162 valence electrons. The van der Waals surface area contributed by atoms with Crippen LogP contribution in [-0.4, -0.2) is 55.9 Å². The van der Waals surface area contributed by atoms with E-state index in [4.69, 9.17) is 4.74 Å².